The maximum Gasteiger partial charge on any atom is 0.155 e. The molecule has 0 fully saturated rings. The third kappa shape index (κ3) is 2.20. The van der Waals surface area contributed by atoms with Crippen molar-refractivity contribution < 1.29 is 8.78 Å². The van der Waals surface area contributed by atoms with Gasteiger partial charge in [-0.15, -0.1) is 0 Å². The van der Waals surface area contributed by atoms with E-state index in [9.17, 15) is 8.78 Å². The number of rotatable bonds is 3. The van der Waals surface area contributed by atoms with Crippen molar-refractivity contribution in [3.63, 3.8) is 0 Å². The van der Waals surface area contributed by atoms with E-state index in [1.807, 2.05) is 6.07 Å². The van der Waals surface area contributed by atoms with Gasteiger partial charge < -0.3 is 5.73 Å². The van der Waals surface area contributed by atoms with Crippen molar-refractivity contribution in [2.75, 3.05) is 5.73 Å². The molecule has 2 heterocycles. The molecule has 0 aliphatic carbocycles. The van der Waals surface area contributed by atoms with Crippen molar-refractivity contribution in [3.05, 3.63) is 53.4 Å². The lowest BCUT2D eigenvalue weighted by atomic mass is 10.0. The van der Waals surface area contributed by atoms with Crippen molar-refractivity contribution in [1.29, 1.82) is 0 Å². The second-order valence-corrected chi connectivity index (χ2v) is 4.58. The molecule has 0 saturated heterocycles. The van der Waals surface area contributed by atoms with Crippen LogP contribution in [0.3, 0.4) is 0 Å². The van der Waals surface area contributed by atoms with E-state index in [0.29, 0.717) is 12.1 Å². The number of H-pyrrole nitrogens is 1. The Morgan fingerprint density at radius 2 is 2.00 bits per heavy atom. The zero-order chi connectivity index (χ0) is 14.1. The third-order valence-electron chi connectivity index (χ3n) is 3.23. The lowest BCUT2D eigenvalue weighted by Gasteiger charge is -2.07. The Labute approximate surface area is 113 Å². The molecule has 0 aliphatic rings. The van der Waals surface area contributed by atoms with Gasteiger partial charge in [0.05, 0.1) is 11.9 Å². The first-order valence-electron chi connectivity index (χ1n) is 6.15. The monoisotopic (exact) mass is 274 g/mol. The van der Waals surface area contributed by atoms with Crippen LogP contribution >= 0.6 is 0 Å². The van der Waals surface area contributed by atoms with E-state index in [1.54, 1.807) is 12.4 Å². The fourth-order valence-corrected chi connectivity index (χ4v) is 2.13. The maximum atomic E-state index is 13.8. The molecule has 4 nitrogen and oxygen atoms in total. The molecule has 3 aromatic rings. The fourth-order valence-electron chi connectivity index (χ4n) is 2.13. The topological polar surface area (TPSA) is 67.6 Å². The smallest absolute Gasteiger partial charge is 0.155 e. The van der Waals surface area contributed by atoms with Gasteiger partial charge >= 0.3 is 0 Å². The summed E-state index contributed by atoms with van der Waals surface area (Å²) in [7, 11) is 0. The number of nitrogens with one attached hydrogen (secondary N) is 1. The first-order chi connectivity index (χ1) is 9.65. The Hall–Kier alpha value is -2.50. The second-order valence-electron chi connectivity index (χ2n) is 4.58. The maximum absolute atomic E-state index is 13.8. The summed E-state index contributed by atoms with van der Waals surface area (Å²) in [5.41, 5.74) is 7.01. The van der Waals surface area contributed by atoms with Gasteiger partial charge in [-0.2, -0.15) is 5.10 Å². The molecular weight excluding hydrogens is 262 g/mol. The van der Waals surface area contributed by atoms with Crippen LogP contribution in [0.2, 0.25) is 0 Å². The lowest BCUT2D eigenvalue weighted by molar-refractivity contribution is 0.557. The molecule has 0 amide bonds. The molecule has 2 aromatic heterocycles. The minimum absolute atomic E-state index is 0.0114. The number of aromatic amines is 1. The predicted molar refractivity (Wildman–Crippen MR) is 72.1 cm³/mol. The van der Waals surface area contributed by atoms with Gasteiger partial charge in [-0.05, 0) is 36.6 Å². The van der Waals surface area contributed by atoms with Crippen molar-refractivity contribution in [2.24, 2.45) is 0 Å². The summed E-state index contributed by atoms with van der Waals surface area (Å²) in [6.45, 7) is 0. The quantitative estimate of drug-likeness (QED) is 0.721. The molecule has 0 saturated carbocycles. The molecule has 0 spiro atoms. The van der Waals surface area contributed by atoms with Crippen LogP contribution in [-0.2, 0) is 12.8 Å². The van der Waals surface area contributed by atoms with E-state index in [4.69, 9.17) is 5.73 Å². The second kappa shape index (κ2) is 4.88. The molecule has 1 aromatic carbocycles. The molecule has 0 radical (unpaired) electrons. The highest BCUT2D eigenvalue weighted by molar-refractivity contribution is 5.74. The number of hydrogen-bond donors (Lipinski definition) is 2. The average Bonchev–Trinajstić information content (AvgIpc) is 2.90. The van der Waals surface area contributed by atoms with E-state index in [0.717, 1.165) is 10.9 Å². The van der Waals surface area contributed by atoms with Gasteiger partial charge in [0.2, 0.25) is 0 Å². The normalized spacial score (nSPS) is 11.1. The minimum Gasteiger partial charge on any atom is -0.396 e. The van der Waals surface area contributed by atoms with Crippen LogP contribution in [0.15, 0.2) is 30.6 Å². The van der Waals surface area contributed by atoms with Crippen LogP contribution in [0.1, 0.15) is 11.1 Å². The first kappa shape index (κ1) is 12.5. The number of nitrogens with two attached hydrogens (primary N) is 1. The summed E-state index contributed by atoms with van der Waals surface area (Å²) >= 11 is 0. The van der Waals surface area contributed by atoms with Gasteiger partial charge in [-0.25, -0.2) is 13.8 Å². The largest absolute Gasteiger partial charge is 0.396 e. The van der Waals surface area contributed by atoms with Crippen molar-refractivity contribution in [2.45, 2.75) is 12.8 Å². The van der Waals surface area contributed by atoms with Crippen LogP contribution in [-0.4, -0.2) is 15.2 Å². The zero-order valence-corrected chi connectivity index (χ0v) is 10.5. The predicted octanol–water partition coefficient (Wildman–Crippen LogP) is 2.60. The Kier molecular flexibility index (Phi) is 3.06. The summed E-state index contributed by atoms with van der Waals surface area (Å²) in [6.07, 6.45) is 4.04. The fraction of sp³-hybridized carbons (Fsp3) is 0.143. The van der Waals surface area contributed by atoms with Crippen LogP contribution in [0.25, 0.3) is 11.0 Å². The number of anilines is 1. The number of halogens is 2. The van der Waals surface area contributed by atoms with Gasteiger partial charge in [-0.1, -0.05) is 0 Å². The summed E-state index contributed by atoms with van der Waals surface area (Å²) in [5.74, 6) is -1.25. The molecular formula is C14H12F2N4. The Balaban J connectivity index is 1.84. The number of fused-ring (bicyclic) bond motifs is 1. The SMILES string of the molecule is Nc1ccc(F)c(CCc2cnc3[nH]ncc3c2)c1F. The van der Waals surface area contributed by atoms with Crippen LogP contribution in [0, 0.1) is 11.6 Å². The molecule has 0 unspecified atom stereocenters. The molecule has 0 atom stereocenters. The number of aromatic nitrogens is 3. The Morgan fingerprint density at radius 1 is 1.15 bits per heavy atom. The van der Waals surface area contributed by atoms with Crippen LogP contribution in [0.5, 0.6) is 0 Å². The summed E-state index contributed by atoms with van der Waals surface area (Å²) in [4.78, 5) is 4.19. The van der Waals surface area contributed by atoms with E-state index in [1.165, 1.54) is 12.1 Å². The van der Waals surface area contributed by atoms with E-state index in [2.05, 4.69) is 15.2 Å². The number of nitrogens with zero attached hydrogens (tertiary/aromatic N) is 2. The van der Waals surface area contributed by atoms with Crippen molar-refractivity contribution >= 4 is 16.7 Å². The molecule has 20 heavy (non-hydrogen) atoms. The molecule has 102 valence electrons. The van der Waals surface area contributed by atoms with Crippen molar-refractivity contribution in [1.82, 2.24) is 15.2 Å². The number of hydrogen-bond acceptors (Lipinski definition) is 3. The summed E-state index contributed by atoms with van der Waals surface area (Å²) in [6, 6.07) is 4.31. The minimum atomic E-state index is -0.678. The van der Waals surface area contributed by atoms with Gasteiger partial charge in [0.15, 0.2) is 11.5 Å². The zero-order valence-electron chi connectivity index (χ0n) is 10.5. The molecule has 3 rings (SSSR count). The Bertz CT molecular complexity index is 767. The first-order valence-corrected chi connectivity index (χ1v) is 6.15. The number of aryl methyl sites for hydroxylation is 1. The van der Waals surface area contributed by atoms with E-state index < -0.39 is 11.6 Å². The van der Waals surface area contributed by atoms with E-state index >= 15 is 0 Å². The average molecular weight is 274 g/mol. The molecule has 0 aliphatic heterocycles. The lowest BCUT2D eigenvalue weighted by Crippen LogP contribution is -2.02. The van der Waals surface area contributed by atoms with Gasteiger partial charge in [-0.3, -0.25) is 5.10 Å². The van der Waals surface area contributed by atoms with Gasteiger partial charge in [0.1, 0.15) is 5.82 Å². The number of nitrogen functional groups attached to an aromatic ring is 1. The Morgan fingerprint density at radius 3 is 2.85 bits per heavy atom. The van der Waals surface area contributed by atoms with Crippen LogP contribution in [0.4, 0.5) is 14.5 Å². The highest BCUT2D eigenvalue weighted by atomic mass is 19.1. The van der Waals surface area contributed by atoms with E-state index in [-0.39, 0.29) is 17.7 Å². The number of pyridine rings is 1. The van der Waals surface area contributed by atoms with Gasteiger partial charge in [0, 0.05) is 17.1 Å². The highest BCUT2D eigenvalue weighted by Gasteiger charge is 2.12. The number of benzene rings is 1. The summed E-state index contributed by atoms with van der Waals surface area (Å²) < 4.78 is 27.4. The third-order valence-corrected chi connectivity index (χ3v) is 3.23. The standard InChI is InChI=1S/C14H12F2N4/c15-11-3-4-12(17)13(16)10(11)2-1-8-5-9-7-19-20-14(9)18-6-8/h3-7H,1-2,17H2,(H,18,19,20). The molecule has 3 N–H and O–H groups in total. The van der Waals surface area contributed by atoms with Crippen LogP contribution < -0.4 is 5.73 Å². The van der Waals surface area contributed by atoms with Gasteiger partial charge in [0.25, 0.3) is 0 Å². The molecule has 6 heteroatoms. The summed E-state index contributed by atoms with van der Waals surface area (Å²) in [5, 5.41) is 7.50. The highest BCUT2D eigenvalue weighted by Crippen LogP contribution is 2.21. The molecule has 0 bridgehead atoms. The van der Waals surface area contributed by atoms with Crippen molar-refractivity contribution in [3.8, 4) is 0 Å².